The number of hydrogen-bond acceptors (Lipinski definition) is 1. The fraction of sp³-hybridized carbons (Fsp3) is 0.176. The molecule has 0 aliphatic rings. The molecule has 0 spiro atoms. The second-order valence-electron chi connectivity index (χ2n) is 3.21. The molecule has 0 rings (SSSR count). The van der Waals surface area contributed by atoms with E-state index in [0.29, 0.717) is 0 Å². The summed E-state index contributed by atoms with van der Waals surface area (Å²) in [6, 6.07) is -0.105. The molecule has 3 heteroatoms. The number of hydrogen-bond donors (Lipinski definition) is 2. The third-order valence-corrected chi connectivity index (χ3v) is 1.56. The Hall–Kier alpha value is -2.69. The van der Waals surface area contributed by atoms with Crippen molar-refractivity contribution < 1.29 is 43.2 Å². The van der Waals surface area contributed by atoms with Gasteiger partial charge in [0.15, 0.2) is 0 Å². The van der Waals surface area contributed by atoms with E-state index in [2.05, 4.69) is 81.1 Å². The standard InChI is InChI=1S/C17H11NO.ClH.14H2/c1-3-4-5-6-7-8-9-10-11-12-13-14-15-17(19)16(2)18;;;;;;;;;;;;;;;/h15-17,19H,1,18H2,2H3;15*1H/t16-,17-;;;;;;;;;;;;;;;/m0.............../s1. The number of aliphatic hydroxyl groups excluding tert-OH is 1. The van der Waals surface area contributed by atoms with Crippen LogP contribution in [0.25, 0.3) is 0 Å². The first kappa shape index (κ1) is 19.6. The summed E-state index contributed by atoms with van der Waals surface area (Å²) in [5.74, 6) is 0. The van der Waals surface area contributed by atoms with E-state index in [-0.39, 0.29) is 38.4 Å². The van der Waals surface area contributed by atoms with Crippen LogP contribution >= 0.6 is 0 Å². The highest BCUT2D eigenvalue weighted by atomic mass is 35.5. The van der Waals surface area contributed by atoms with Gasteiger partial charge in [0, 0.05) is 26.0 Å². The van der Waals surface area contributed by atoms with E-state index in [4.69, 9.17) is 0 Å². The van der Waals surface area contributed by atoms with Crippen LogP contribution in [-0.4, -0.2) is 17.3 Å². The third-order valence-electron chi connectivity index (χ3n) is 1.56. The summed E-state index contributed by atoms with van der Waals surface area (Å²) >= 11 is 0. The Balaban J connectivity index is -0.0000000154. The minimum atomic E-state index is -0.647. The Bertz CT molecular complexity index is 793. The Labute approximate surface area is 145 Å². The van der Waals surface area contributed by atoms with Crippen molar-refractivity contribution in [3.63, 3.8) is 0 Å². The Morgan fingerprint density at radius 1 is 0.950 bits per heavy atom. The van der Waals surface area contributed by atoms with Crippen LogP contribution in [0.5, 0.6) is 0 Å². The largest absolute Gasteiger partial charge is 1.00 e. The van der Waals surface area contributed by atoms with Gasteiger partial charge < -0.3 is 23.2 Å². The zero-order chi connectivity index (χ0) is 14.3. The van der Waals surface area contributed by atoms with E-state index < -0.39 is 6.10 Å². The summed E-state index contributed by atoms with van der Waals surface area (Å²) in [6.45, 7) is 5.09. The highest BCUT2D eigenvalue weighted by Crippen LogP contribution is 1.86. The maximum atomic E-state index is 9.35. The highest BCUT2D eigenvalue weighted by Gasteiger charge is 2.06. The van der Waals surface area contributed by atoms with Gasteiger partial charge in [-0.05, 0) is 70.8 Å². The molecule has 0 amide bonds. The molecule has 0 fully saturated rings. The quantitative estimate of drug-likeness (QED) is 0.746. The van der Waals surface area contributed by atoms with Crippen LogP contribution in [0.4, 0.5) is 0 Å². The zero-order valence-corrected chi connectivity index (χ0v) is 11.7. The SMILES string of the molecule is C=C=C=C=C=C=C=C=C=C=C=C=C=C[C@H](O)[C@H](C)[NH3+].[Cl-].[HH].[HH].[HH].[HH].[HH].[HH].[HH].[HH].[HH].[HH].[HH].[HH].[HH].[HH]. The molecule has 0 saturated carbocycles. The van der Waals surface area contributed by atoms with Gasteiger partial charge in [-0.25, -0.2) is 0 Å². The van der Waals surface area contributed by atoms with Crippen molar-refractivity contribution in [1.29, 1.82) is 0 Å². The molecule has 0 radical (unpaired) electrons. The molecule has 2 nitrogen and oxygen atoms in total. The van der Waals surface area contributed by atoms with Gasteiger partial charge in [-0.15, -0.1) is 0 Å². The summed E-state index contributed by atoms with van der Waals surface area (Å²) in [7, 11) is 0. The van der Waals surface area contributed by atoms with Gasteiger partial charge in [0.1, 0.15) is 12.1 Å². The van der Waals surface area contributed by atoms with E-state index in [1.807, 2.05) is 0 Å². The molecular weight excluding hydrogens is 270 g/mol. The minimum Gasteiger partial charge on any atom is -1.00 e. The molecule has 2 atom stereocenters. The van der Waals surface area contributed by atoms with Gasteiger partial charge in [-0.2, -0.15) is 0 Å². The van der Waals surface area contributed by atoms with Crippen LogP contribution < -0.4 is 18.1 Å². The van der Waals surface area contributed by atoms with Crippen LogP contribution in [0.3, 0.4) is 0 Å². The van der Waals surface area contributed by atoms with E-state index in [1.54, 1.807) is 6.92 Å². The normalized spacial score (nSPS) is 8.75. The first-order valence-corrected chi connectivity index (χ1v) is 5.30. The molecule has 0 aromatic heterocycles. The molecule has 0 unspecified atom stereocenters. The van der Waals surface area contributed by atoms with Gasteiger partial charge in [-0.3, -0.25) is 0 Å². The monoisotopic (exact) mass is 309 g/mol. The maximum absolute atomic E-state index is 9.35. The predicted molar refractivity (Wildman–Crippen MR) is 100 cm³/mol. The topological polar surface area (TPSA) is 47.9 Å². The second-order valence-corrected chi connectivity index (χ2v) is 3.21. The van der Waals surface area contributed by atoms with Crippen molar-refractivity contribution in [3.8, 4) is 0 Å². The molecular formula is C17H40ClNO. The van der Waals surface area contributed by atoms with Crippen molar-refractivity contribution in [3.05, 3.63) is 81.4 Å². The fourth-order valence-electron chi connectivity index (χ4n) is 0.622. The number of aliphatic hydroxyl groups is 1. The van der Waals surface area contributed by atoms with Crippen molar-refractivity contribution >= 4 is 0 Å². The van der Waals surface area contributed by atoms with Gasteiger partial charge in [0.25, 0.3) is 0 Å². The van der Waals surface area contributed by atoms with Crippen molar-refractivity contribution in [1.82, 2.24) is 0 Å². The molecule has 0 aromatic rings. The van der Waals surface area contributed by atoms with Crippen LogP contribution in [0.1, 0.15) is 26.9 Å². The fourth-order valence-corrected chi connectivity index (χ4v) is 0.622. The summed E-state index contributed by atoms with van der Waals surface area (Å²) in [5, 5.41) is 9.35. The van der Waals surface area contributed by atoms with Crippen LogP contribution in [0, 0.1) is 0 Å². The molecule has 4 N–H and O–H groups in total. The van der Waals surface area contributed by atoms with Gasteiger partial charge in [-0.1, -0.05) is 11.5 Å². The Kier molecular flexibility index (Phi) is 14.1. The average molecular weight is 310 g/mol. The van der Waals surface area contributed by atoms with E-state index in [1.165, 1.54) is 6.08 Å². The Morgan fingerprint density at radius 3 is 1.75 bits per heavy atom. The van der Waals surface area contributed by atoms with Crippen LogP contribution in [-0.2, 0) is 0 Å². The third kappa shape index (κ3) is 13.4. The van der Waals surface area contributed by atoms with Crippen molar-refractivity contribution in [2.24, 2.45) is 0 Å². The minimum absolute atomic E-state index is 0. The summed E-state index contributed by atoms with van der Waals surface area (Å²) in [6.07, 6.45) is 0.796. The molecule has 0 aromatic carbocycles. The smallest absolute Gasteiger partial charge is 0.131 e. The number of halogens is 1. The lowest BCUT2D eigenvalue weighted by molar-refractivity contribution is -0.427. The first-order chi connectivity index (χ1) is 9.18. The lowest BCUT2D eigenvalue weighted by Crippen LogP contribution is -3.00. The lowest BCUT2D eigenvalue weighted by atomic mass is 10.2. The molecule has 0 bridgehead atoms. The van der Waals surface area contributed by atoms with Crippen LogP contribution in [0.2, 0.25) is 0 Å². The highest BCUT2D eigenvalue weighted by molar-refractivity contribution is 4.94. The van der Waals surface area contributed by atoms with Crippen molar-refractivity contribution in [2.75, 3.05) is 0 Å². The summed E-state index contributed by atoms with van der Waals surface area (Å²) in [4.78, 5) is 0. The lowest BCUT2D eigenvalue weighted by Gasteiger charge is -2.02. The number of quaternary nitrogens is 1. The summed E-state index contributed by atoms with van der Waals surface area (Å²) in [5.41, 5.74) is 33.5. The van der Waals surface area contributed by atoms with E-state index in [9.17, 15) is 5.11 Å². The van der Waals surface area contributed by atoms with Crippen molar-refractivity contribution in [2.45, 2.75) is 19.1 Å². The molecule has 20 heavy (non-hydrogen) atoms. The van der Waals surface area contributed by atoms with Gasteiger partial charge >= 0.3 is 0 Å². The molecule has 126 valence electrons. The number of rotatable bonds is 2. The summed E-state index contributed by atoms with van der Waals surface area (Å²) < 4.78 is 0. The zero-order valence-electron chi connectivity index (χ0n) is 11.0. The molecule has 0 aliphatic heterocycles. The predicted octanol–water partition coefficient (Wildman–Crippen LogP) is 1.47. The average Bonchev–Trinajstić information content (AvgIpc) is 2.39. The van der Waals surface area contributed by atoms with Gasteiger partial charge in [0.05, 0.1) is 0 Å². The molecule has 0 saturated heterocycles. The Morgan fingerprint density at radius 2 is 1.35 bits per heavy atom. The second kappa shape index (κ2) is 14.4. The van der Waals surface area contributed by atoms with Crippen LogP contribution in [0.15, 0.2) is 81.4 Å². The molecule has 0 aliphatic carbocycles. The maximum Gasteiger partial charge on any atom is 0.131 e. The van der Waals surface area contributed by atoms with Gasteiger partial charge in [0.2, 0.25) is 0 Å². The first-order valence-electron chi connectivity index (χ1n) is 5.30. The molecule has 0 heterocycles. The van der Waals surface area contributed by atoms with E-state index >= 15 is 0 Å². The van der Waals surface area contributed by atoms with E-state index in [0.717, 1.165) is 0 Å².